The van der Waals surface area contributed by atoms with Crippen molar-refractivity contribution < 1.29 is 19.1 Å². The third-order valence-corrected chi connectivity index (χ3v) is 3.48. The van der Waals surface area contributed by atoms with Crippen LogP contribution in [-0.4, -0.2) is 17.0 Å². The van der Waals surface area contributed by atoms with Crippen LogP contribution in [0.2, 0.25) is 0 Å². The fourth-order valence-electron chi connectivity index (χ4n) is 2.38. The van der Waals surface area contributed by atoms with Crippen LogP contribution in [0.15, 0.2) is 22.8 Å². The second-order valence-corrected chi connectivity index (χ2v) is 4.79. The highest BCUT2D eigenvalue weighted by molar-refractivity contribution is 5.81. The smallest absolute Gasteiger partial charge is 0.306 e. The second-order valence-electron chi connectivity index (χ2n) is 4.79. The first-order chi connectivity index (χ1) is 8.58. The van der Waals surface area contributed by atoms with E-state index < -0.39 is 5.97 Å². The summed E-state index contributed by atoms with van der Waals surface area (Å²) in [6, 6.07) is 3.39. The van der Waals surface area contributed by atoms with E-state index in [1.807, 2.05) is 6.92 Å². The first-order valence-corrected chi connectivity index (χ1v) is 6.14. The van der Waals surface area contributed by atoms with Gasteiger partial charge in [-0.3, -0.25) is 9.59 Å². The summed E-state index contributed by atoms with van der Waals surface area (Å²) >= 11 is 0. The fourth-order valence-corrected chi connectivity index (χ4v) is 2.38. The summed E-state index contributed by atoms with van der Waals surface area (Å²) in [5.74, 6) is -0.744. The molecule has 0 bridgehead atoms. The molecule has 0 spiro atoms. The van der Waals surface area contributed by atoms with E-state index in [1.54, 1.807) is 18.4 Å². The number of amides is 1. The highest BCUT2D eigenvalue weighted by Gasteiger charge is 2.34. The van der Waals surface area contributed by atoms with Crippen molar-refractivity contribution in [3.8, 4) is 0 Å². The van der Waals surface area contributed by atoms with E-state index in [9.17, 15) is 9.59 Å². The zero-order valence-corrected chi connectivity index (χ0v) is 10.3. The van der Waals surface area contributed by atoms with Gasteiger partial charge < -0.3 is 14.8 Å². The second kappa shape index (κ2) is 5.25. The van der Waals surface area contributed by atoms with Crippen LogP contribution in [-0.2, 0) is 9.59 Å². The van der Waals surface area contributed by atoms with Gasteiger partial charge in [-0.1, -0.05) is 0 Å². The van der Waals surface area contributed by atoms with E-state index in [1.165, 1.54) is 0 Å². The van der Waals surface area contributed by atoms with Crippen LogP contribution >= 0.6 is 0 Å². The molecule has 1 heterocycles. The Balaban J connectivity index is 1.87. The Bertz CT molecular complexity index is 426. The minimum absolute atomic E-state index is 0.0809. The van der Waals surface area contributed by atoms with Crippen molar-refractivity contribution in [1.29, 1.82) is 0 Å². The minimum Gasteiger partial charge on any atom is -0.481 e. The Morgan fingerprint density at radius 3 is 2.72 bits per heavy atom. The lowest BCUT2D eigenvalue weighted by molar-refractivity contribution is -0.141. The van der Waals surface area contributed by atoms with Crippen molar-refractivity contribution in [2.24, 2.45) is 11.8 Å². The molecule has 3 atom stereocenters. The predicted octanol–water partition coefficient (Wildman–Crippen LogP) is 1.96. The molecule has 1 amide bonds. The molecule has 2 rings (SSSR count). The third-order valence-electron chi connectivity index (χ3n) is 3.48. The molecule has 1 saturated carbocycles. The zero-order valence-electron chi connectivity index (χ0n) is 10.3. The summed E-state index contributed by atoms with van der Waals surface area (Å²) in [7, 11) is 0. The minimum atomic E-state index is -0.801. The molecule has 0 aromatic carbocycles. The molecule has 1 aliphatic carbocycles. The molecule has 98 valence electrons. The number of rotatable bonds is 4. The number of furan rings is 1. The molecule has 18 heavy (non-hydrogen) atoms. The van der Waals surface area contributed by atoms with Crippen LogP contribution in [0.3, 0.4) is 0 Å². The Morgan fingerprint density at radius 1 is 1.44 bits per heavy atom. The van der Waals surface area contributed by atoms with Crippen LogP contribution in [0, 0.1) is 11.8 Å². The molecule has 0 saturated heterocycles. The average Bonchev–Trinajstić information content (AvgIpc) is 3.00. The highest BCUT2D eigenvalue weighted by atomic mass is 16.4. The maximum atomic E-state index is 12.0. The third kappa shape index (κ3) is 2.72. The maximum Gasteiger partial charge on any atom is 0.306 e. The summed E-state index contributed by atoms with van der Waals surface area (Å²) < 4.78 is 5.21. The summed E-state index contributed by atoms with van der Waals surface area (Å²) in [6.07, 6.45) is 3.23. The van der Waals surface area contributed by atoms with Crippen molar-refractivity contribution in [1.82, 2.24) is 5.32 Å². The van der Waals surface area contributed by atoms with Crippen molar-refractivity contribution in [2.45, 2.75) is 32.2 Å². The lowest BCUT2D eigenvalue weighted by Crippen LogP contribution is -2.31. The largest absolute Gasteiger partial charge is 0.481 e. The monoisotopic (exact) mass is 251 g/mol. The van der Waals surface area contributed by atoms with Gasteiger partial charge in [0, 0.05) is 5.92 Å². The average molecular weight is 251 g/mol. The van der Waals surface area contributed by atoms with Crippen molar-refractivity contribution >= 4 is 11.9 Å². The Kier molecular flexibility index (Phi) is 3.69. The van der Waals surface area contributed by atoms with Crippen molar-refractivity contribution in [3.05, 3.63) is 24.2 Å². The van der Waals surface area contributed by atoms with Gasteiger partial charge in [-0.25, -0.2) is 0 Å². The molecule has 1 aromatic heterocycles. The quantitative estimate of drug-likeness (QED) is 0.857. The normalized spacial score (nSPS) is 24.7. The standard InChI is InChI=1S/C13H17NO4/c1-8(11-3-2-6-18-11)14-12(15)9-4-5-10(7-9)13(16)17/h2-3,6,8-10H,4-5,7H2,1H3,(H,14,15)(H,16,17)/t8-,9-,10+/m1/s1. The fraction of sp³-hybridized carbons (Fsp3) is 0.538. The predicted molar refractivity (Wildman–Crippen MR) is 63.7 cm³/mol. The van der Waals surface area contributed by atoms with Crippen LogP contribution in [0.4, 0.5) is 0 Å². The van der Waals surface area contributed by atoms with Crippen LogP contribution < -0.4 is 5.32 Å². The molecule has 2 N–H and O–H groups in total. The molecule has 5 heteroatoms. The van der Waals surface area contributed by atoms with Gasteiger partial charge in [0.05, 0.1) is 18.2 Å². The molecule has 1 aromatic rings. The number of nitrogens with one attached hydrogen (secondary N) is 1. The Hall–Kier alpha value is -1.78. The number of hydrogen-bond acceptors (Lipinski definition) is 3. The van der Waals surface area contributed by atoms with Gasteiger partial charge in [-0.15, -0.1) is 0 Å². The maximum absolute atomic E-state index is 12.0. The van der Waals surface area contributed by atoms with Crippen molar-refractivity contribution in [2.75, 3.05) is 0 Å². The van der Waals surface area contributed by atoms with Gasteiger partial charge in [0.1, 0.15) is 5.76 Å². The molecule has 0 radical (unpaired) electrons. The lowest BCUT2D eigenvalue weighted by atomic mass is 10.0. The van der Waals surface area contributed by atoms with Gasteiger partial charge in [0.2, 0.25) is 5.91 Å². The summed E-state index contributed by atoms with van der Waals surface area (Å²) in [5.41, 5.74) is 0. The van der Waals surface area contributed by atoms with E-state index in [0.717, 1.165) is 0 Å². The molecular weight excluding hydrogens is 234 g/mol. The lowest BCUT2D eigenvalue weighted by Gasteiger charge is -2.15. The molecule has 5 nitrogen and oxygen atoms in total. The first-order valence-electron chi connectivity index (χ1n) is 6.14. The molecule has 1 fully saturated rings. The van der Waals surface area contributed by atoms with Gasteiger partial charge in [0.25, 0.3) is 0 Å². The number of carbonyl (C=O) groups is 2. The number of carboxylic acid groups (broad SMARTS) is 1. The molecule has 0 aliphatic heterocycles. The van der Waals surface area contributed by atoms with Gasteiger partial charge in [0.15, 0.2) is 0 Å². The van der Waals surface area contributed by atoms with Crippen LogP contribution in [0.5, 0.6) is 0 Å². The number of hydrogen-bond donors (Lipinski definition) is 2. The number of aliphatic carboxylic acids is 1. The summed E-state index contributed by atoms with van der Waals surface area (Å²) in [4.78, 5) is 22.8. The topological polar surface area (TPSA) is 79.5 Å². The van der Waals surface area contributed by atoms with Crippen LogP contribution in [0.1, 0.15) is 38.0 Å². The Morgan fingerprint density at radius 2 is 2.17 bits per heavy atom. The number of carboxylic acids is 1. The van der Waals surface area contributed by atoms with E-state index in [-0.39, 0.29) is 23.8 Å². The summed E-state index contributed by atoms with van der Waals surface area (Å²) in [6.45, 7) is 1.85. The van der Waals surface area contributed by atoms with Gasteiger partial charge >= 0.3 is 5.97 Å². The first kappa shape index (κ1) is 12.7. The van der Waals surface area contributed by atoms with Gasteiger partial charge in [-0.2, -0.15) is 0 Å². The molecule has 0 unspecified atom stereocenters. The van der Waals surface area contributed by atoms with Crippen LogP contribution in [0.25, 0.3) is 0 Å². The van der Waals surface area contributed by atoms with E-state index in [2.05, 4.69) is 5.32 Å². The summed E-state index contributed by atoms with van der Waals surface area (Å²) in [5, 5.41) is 11.8. The van der Waals surface area contributed by atoms with Crippen molar-refractivity contribution in [3.63, 3.8) is 0 Å². The SMILES string of the molecule is C[C@@H](NC(=O)[C@@H]1CC[C@H](C(=O)O)C1)c1ccco1. The number of carbonyl (C=O) groups excluding carboxylic acids is 1. The zero-order chi connectivity index (χ0) is 13.1. The van der Waals surface area contributed by atoms with Gasteiger partial charge in [-0.05, 0) is 38.3 Å². The Labute approximate surface area is 105 Å². The van der Waals surface area contributed by atoms with E-state index in [4.69, 9.17) is 9.52 Å². The molecular formula is C13H17NO4. The molecule has 1 aliphatic rings. The van der Waals surface area contributed by atoms with E-state index >= 15 is 0 Å². The highest BCUT2D eigenvalue weighted by Crippen LogP contribution is 2.31. The van der Waals surface area contributed by atoms with E-state index in [0.29, 0.717) is 25.0 Å².